The number of thioether (sulfide) groups is 1. The summed E-state index contributed by atoms with van der Waals surface area (Å²) in [6.07, 6.45) is 9.03. The first kappa shape index (κ1) is 18.1. The molecule has 32 heavy (non-hydrogen) atoms. The predicted molar refractivity (Wildman–Crippen MR) is 137 cm³/mol. The highest BCUT2D eigenvalue weighted by Crippen LogP contribution is 2.49. The van der Waals surface area contributed by atoms with Crippen LogP contribution in [0.25, 0.3) is 38.6 Å². The maximum atomic E-state index is 2.39. The number of nitrogens with zero attached hydrogens (tertiary/aromatic N) is 1. The predicted octanol–water partition coefficient (Wildman–Crippen LogP) is 8.13. The van der Waals surface area contributed by atoms with Gasteiger partial charge in [-0.25, -0.2) is 0 Å². The second-order valence-electron chi connectivity index (χ2n) is 8.55. The summed E-state index contributed by atoms with van der Waals surface area (Å²) in [6.45, 7) is 0. The van der Waals surface area contributed by atoms with E-state index >= 15 is 0 Å². The molecule has 4 aromatic carbocycles. The van der Waals surface area contributed by atoms with E-state index < -0.39 is 0 Å². The minimum atomic E-state index is 0.497. The third kappa shape index (κ3) is 2.66. The van der Waals surface area contributed by atoms with Crippen LogP contribution in [0.4, 0.5) is 0 Å². The summed E-state index contributed by atoms with van der Waals surface area (Å²) in [7, 11) is 0. The minimum Gasteiger partial charge on any atom is -0.309 e. The van der Waals surface area contributed by atoms with Gasteiger partial charge in [-0.2, -0.15) is 0 Å². The van der Waals surface area contributed by atoms with Crippen LogP contribution < -0.4 is 0 Å². The van der Waals surface area contributed by atoms with Crippen molar-refractivity contribution in [3.05, 3.63) is 121 Å². The van der Waals surface area contributed by atoms with Crippen molar-refractivity contribution in [1.29, 1.82) is 0 Å². The fourth-order valence-corrected chi connectivity index (χ4v) is 6.55. The lowest BCUT2D eigenvalue weighted by molar-refractivity contribution is 0.881. The van der Waals surface area contributed by atoms with Crippen LogP contribution in [0.1, 0.15) is 11.5 Å². The molecule has 2 unspecified atom stereocenters. The number of allylic oxidation sites excluding steroid dienone is 3. The Morgan fingerprint density at radius 1 is 0.625 bits per heavy atom. The Kier molecular flexibility index (Phi) is 3.97. The van der Waals surface area contributed by atoms with Crippen LogP contribution in [-0.4, -0.2) is 9.82 Å². The Bertz CT molecular complexity index is 1500. The summed E-state index contributed by atoms with van der Waals surface area (Å²) in [5, 5.41) is 3.14. The molecule has 0 saturated heterocycles. The largest absolute Gasteiger partial charge is 0.309 e. The lowest BCUT2D eigenvalue weighted by Gasteiger charge is -2.15. The number of benzene rings is 4. The van der Waals surface area contributed by atoms with Crippen LogP contribution in [0.5, 0.6) is 0 Å². The highest BCUT2D eigenvalue weighted by molar-refractivity contribution is 8.00. The standard InChI is InChI=1S/C30H21NS/c1-4-10-27-23(7-1)24-8-2-5-11-28(24)31(27)22-16-13-20(14-17-22)21-15-18-30-26(19-21)25-9-3-6-12-29(25)32-30/h1-19,25,29H. The van der Waals surface area contributed by atoms with E-state index in [0.29, 0.717) is 11.2 Å². The number of rotatable bonds is 2. The molecule has 0 fully saturated rings. The van der Waals surface area contributed by atoms with Crippen LogP contribution in [0, 0.1) is 0 Å². The fourth-order valence-electron chi connectivity index (χ4n) is 5.23. The molecule has 2 aliphatic rings. The topological polar surface area (TPSA) is 4.93 Å². The zero-order valence-corrected chi connectivity index (χ0v) is 18.3. The molecule has 152 valence electrons. The molecule has 0 N–H and O–H groups in total. The van der Waals surface area contributed by atoms with E-state index in [1.807, 2.05) is 11.8 Å². The zero-order chi connectivity index (χ0) is 21.1. The number of para-hydroxylation sites is 2. The molecule has 2 heteroatoms. The van der Waals surface area contributed by atoms with Crippen LogP contribution in [0.2, 0.25) is 0 Å². The van der Waals surface area contributed by atoms with Gasteiger partial charge in [0, 0.05) is 32.5 Å². The smallest absolute Gasteiger partial charge is 0.0541 e. The molecule has 2 heterocycles. The molecular formula is C30H21NS. The fraction of sp³-hybridized carbons (Fsp3) is 0.0667. The average molecular weight is 428 g/mol. The maximum absolute atomic E-state index is 2.39. The Hall–Kier alpha value is -3.49. The number of aromatic nitrogens is 1. The van der Waals surface area contributed by atoms with E-state index in [1.165, 1.54) is 49.1 Å². The van der Waals surface area contributed by atoms with E-state index in [9.17, 15) is 0 Å². The minimum absolute atomic E-state index is 0.497. The Morgan fingerprint density at radius 2 is 1.28 bits per heavy atom. The quantitative estimate of drug-likeness (QED) is 0.275. The Balaban J connectivity index is 1.32. The van der Waals surface area contributed by atoms with Crippen molar-refractivity contribution in [2.75, 3.05) is 0 Å². The van der Waals surface area contributed by atoms with Gasteiger partial charge in [-0.3, -0.25) is 0 Å². The molecule has 0 radical (unpaired) electrons. The zero-order valence-electron chi connectivity index (χ0n) is 17.5. The number of fused-ring (bicyclic) bond motifs is 6. The first-order valence-electron chi connectivity index (χ1n) is 11.1. The Labute approximate surface area is 191 Å². The molecule has 1 aromatic heterocycles. The van der Waals surface area contributed by atoms with E-state index in [-0.39, 0.29) is 0 Å². The summed E-state index contributed by atoms with van der Waals surface area (Å²) in [4.78, 5) is 1.42. The second kappa shape index (κ2) is 7.01. The van der Waals surface area contributed by atoms with Gasteiger partial charge in [0.1, 0.15) is 0 Å². The summed E-state index contributed by atoms with van der Waals surface area (Å²) in [5.41, 5.74) is 7.72. The SMILES string of the molecule is C1=CC2Sc3ccc(-c4ccc(-n5c6ccccc6c6ccccc65)cc4)cc3C2C=C1. The summed E-state index contributed by atoms with van der Waals surface area (Å²) in [5.74, 6) is 0.497. The molecule has 2 atom stereocenters. The lowest BCUT2D eigenvalue weighted by atomic mass is 9.90. The highest BCUT2D eigenvalue weighted by Gasteiger charge is 2.31. The van der Waals surface area contributed by atoms with Crippen molar-refractivity contribution in [2.24, 2.45) is 0 Å². The van der Waals surface area contributed by atoms with Crippen molar-refractivity contribution in [3.63, 3.8) is 0 Å². The molecular weight excluding hydrogens is 406 g/mol. The normalized spacial score (nSPS) is 18.9. The van der Waals surface area contributed by atoms with Gasteiger partial charge >= 0.3 is 0 Å². The molecule has 5 aromatic rings. The first-order valence-corrected chi connectivity index (χ1v) is 12.0. The molecule has 0 spiro atoms. The number of hydrogen-bond donors (Lipinski definition) is 0. The molecule has 0 amide bonds. The van der Waals surface area contributed by atoms with Crippen LogP contribution >= 0.6 is 11.8 Å². The van der Waals surface area contributed by atoms with Gasteiger partial charge in [0.25, 0.3) is 0 Å². The van der Waals surface area contributed by atoms with Gasteiger partial charge in [-0.05, 0) is 53.1 Å². The van der Waals surface area contributed by atoms with E-state index in [2.05, 4.69) is 120 Å². The van der Waals surface area contributed by atoms with Crippen molar-refractivity contribution in [2.45, 2.75) is 16.1 Å². The lowest BCUT2D eigenvalue weighted by Crippen LogP contribution is -2.06. The molecule has 7 rings (SSSR count). The average Bonchev–Trinajstić information content (AvgIpc) is 3.40. The third-order valence-corrected chi connectivity index (χ3v) is 8.10. The van der Waals surface area contributed by atoms with Gasteiger partial charge in [0.2, 0.25) is 0 Å². The second-order valence-corrected chi connectivity index (χ2v) is 9.77. The van der Waals surface area contributed by atoms with Crippen LogP contribution in [-0.2, 0) is 0 Å². The monoisotopic (exact) mass is 427 g/mol. The van der Waals surface area contributed by atoms with Crippen molar-refractivity contribution >= 4 is 33.6 Å². The summed E-state index contributed by atoms with van der Waals surface area (Å²) in [6, 6.07) is 33.3. The van der Waals surface area contributed by atoms with E-state index in [4.69, 9.17) is 0 Å². The van der Waals surface area contributed by atoms with Gasteiger partial charge in [0.15, 0.2) is 0 Å². The van der Waals surface area contributed by atoms with E-state index in [0.717, 1.165) is 0 Å². The highest BCUT2D eigenvalue weighted by atomic mass is 32.2. The summed E-state index contributed by atoms with van der Waals surface area (Å²) >= 11 is 1.99. The maximum Gasteiger partial charge on any atom is 0.0541 e. The molecule has 1 aliphatic heterocycles. The molecule has 1 aliphatic carbocycles. The van der Waals surface area contributed by atoms with Crippen LogP contribution in [0.15, 0.2) is 120 Å². The van der Waals surface area contributed by atoms with Gasteiger partial charge in [0.05, 0.1) is 11.0 Å². The van der Waals surface area contributed by atoms with Gasteiger partial charge < -0.3 is 4.57 Å². The van der Waals surface area contributed by atoms with Gasteiger partial charge in [-0.15, -0.1) is 11.8 Å². The Morgan fingerprint density at radius 3 is 2.03 bits per heavy atom. The third-order valence-electron chi connectivity index (χ3n) is 6.76. The van der Waals surface area contributed by atoms with Crippen molar-refractivity contribution < 1.29 is 0 Å². The van der Waals surface area contributed by atoms with Gasteiger partial charge in [-0.1, -0.05) is 78.9 Å². The molecule has 1 nitrogen and oxygen atoms in total. The van der Waals surface area contributed by atoms with E-state index in [1.54, 1.807) is 0 Å². The van der Waals surface area contributed by atoms with Crippen LogP contribution in [0.3, 0.4) is 0 Å². The van der Waals surface area contributed by atoms with Crippen molar-refractivity contribution in [1.82, 2.24) is 4.57 Å². The number of hydrogen-bond acceptors (Lipinski definition) is 1. The molecule has 0 bridgehead atoms. The molecule has 0 saturated carbocycles. The van der Waals surface area contributed by atoms with Crippen molar-refractivity contribution in [3.8, 4) is 16.8 Å². The summed E-state index contributed by atoms with van der Waals surface area (Å²) < 4.78 is 2.37. The first-order chi connectivity index (χ1) is 15.9.